The molecule has 1 aliphatic heterocycles. The van der Waals surface area contributed by atoms with Gasteiger partial charge in [-0.25, -0.2) is 0 Å². The second kappa shape index (κ2) is 3.56. The van der Waals surface area contributed by atoms with Gasteiger partial charge in [0.15, 0.2) is 6.19 Å². The summed E-state index contributed by atoms with van der Waals surface area (Å²) in [5.74, 6) is -1.22. The van der Waals surface area contributed by atoms with E-state index in [-0.39, 0.29) is 23.7 Å². The highest BCUT2D eigenvalue weighted by atomic mass is 16.2. The maximum Gasteiger partial charge on any atom is 0.246 e. The lowest BCUT2D eigenvalue weighted by molar-refractivity contribution is -0.136. The van der Waals surface area contributed by atoms with E-state index < -0.39 is 0 Å². The molecule has 0 aromatic heterocycles. The van der Waals surface area contributed by atoms with Crippen LogP contribution in [0.25, 0.3) is 0 Å². The van der Waals surface area contributed by atoms with Crippen molar-refractivity contribution in [3.63, 3.8) is 0 Å². The third-order valence-electron chi connectivity index (χ3n) is 2.54. The number of rotatable bonds is 2. The fourth-order valence-corrected chi connectivity index (χ4v) is 1.80. The van der Waals surface area contributed by atoms with Crippen LogP contribution in [0.3, 0.4) is 0 Å². The lowest BCUT2D eigenvalue weighted by Gasteiger charge is -2.08. The summed E-state index contributed by atoms with van der Waals surface area (Å²) in [7, 11) is 0. The molecule has 1 heterocycles. The fraction of sp³-hybridized carbons (Fsp3) is 0.667. The first-order valence-electron chi connectivity index (χ1n) is 4.44. The summed E-state index contributed by atoms with van der Waals surface area (Å²) in [5.41, 5.74) is 0. The Morgan fingerprint density at radius 2 is 1.62 bits per heavy atom. The zero-order valence-electron chi connectivity index (χ0n) is 7.78. The van der Waals surface area contributed by atoms with E-state index in [0.717, 1.165) is 0 Å². The molecule has 1 fully saturated rings. The van der Waals surface area contributed by atoms with Gasteiger partial charge in [-0.1, -0.05) is 13.8 Å². The van der Waals surface area contributed by atoms with Crippen LogP contribution in [0.2, 0.25) is 0 Å². The SMILES string of the molecule is CCC1C(=O)N(C#N)C(=O)C1CC. The Morgan fingerprint density at radius 3 is 1.85 bits per heavy atom. The van der Waals surface area contributed by atoms with Crippen LogP contribution in [0.1, 0.15) is 26.7 Å². The van der Waals surface area contributed by atoms with Gasteiger partial charge in [-0.15, -0.1) is 0 Å². The highest BCUT2D eigenvalue weighted by Gasteiger charge is 2.45. The van der Waals surface area contributed by atoms with E-state index in [1.54, 1.807) is 6.19 Å². The Labute approximate surface area is 77.1 Å². The molecule has 2 atom stereocenters. The van der Waals surface area contributed by atoms with E-state index in [1.807, 2.05) is 13.8 Å². The normalized spacial score (nSPS) is 27.9. The Balaban J connectivity index is 2.96. The summed E-state index contributed by atoms with van der Waals surface area (Å²) >= 11 is 0. The van der Waals surface area contributed by atoms with Crippen LogP contribution < -0.4 is 0 Å². The van der Waals surface area contributed by atoms with E-state index in [0.29, 0.717) is 17.7 Å². The average Bonchev–Trinajstić information content (AvgIpc) is 2.36. The van der Waals surface area contributed by atoms with Gasteiger partial charge in [0.1, 0.15) is 0 Å². The Morgan fingerprint density at radius 1 is 1.23 bits per heavy atom. The molecular weight excluding hydrogens is 168 g/mol. The topological polar surface area (TPSA) is 61.2 Å². The van der Waals surface area contributed by atoms with Crippen LogP contribution >= 0.6 is 0 Å². The summed E-state index contributed by atoms with van der Waals surface area (Å²) in [6, 6.07) is 0. The Bertz CT molecular complexity index is 258. The van der Waals surface area contributed by atoms with Crippen LogP contribution in [0, 0.1) is 23.3 Å². The van der Waals surface area contributed by atoms with Crippen LogP contribution in [0.4, 0.5) is 0 Å². The molecule has 4 nitrogen and oxygen atoms in total. The second-order valence-corrected chi connectivity index (χ2v) is 3.14. The van der Waals surface area contributed by atoms with Crippen LogP contribution in [-0.4, -0.2) is 16.7 Å². The minimum absolute atomic E-state index is 0.280. The molecule has 0 radical (unpaired) electrons. The molecule has 70 valence electrons. The van der Waals surface area contributed by atoms with E-state index in [9.17, 15) is 9.59 Å². The molecule has 0 saturated carbocycles. The maximum absolute atomic E-state index is 11.4. The van der Waals surface area contributed by atoms with Gasteiger partial charge in [0.2, 0.25) is 11.8 Å². The number of nitrogens with zero attached hydrogens (tertiary/aromatic N) is 2. The van der Waals surface area contributed by atoms with Gasteiger partial charge < -0.3 is 0 Å². The third kappa shape index (κ3) is 1.31. The van der Waals surface area contributed by atoms with Crippen molar-refractivity contribution < 1.29 is 9.59 Å². The van der Waals surface area contributed by atoms with E-state index in [1.165, 1.54) is 0 Å². The van der Waals surface area contributed by atoms with Gasteiger partial charge >= 0.3 is 0 Å². The van der Waals surface area contributed by atoms with Gasteiger partial charge in [0.05, 0.1) is 11.8 Å². The minimum Gasteiger partial charge on any atom is -0.273 e. The predicted molar refractivity (Wildman–Crippen MR) is 45.0 cm³/mol. The molecule has 2 amide bonds. The summed E-state index contributed by atoms with van der Waals surface area (Å²) in [6.45, 7) is 3.72. The van der Waals surface area contributed by atoms with Gasteiger partial charge in [-0.05, 0) is 12.8 Å². The van der Waals surface area contributed by atoms with Crippen molar-refractivity contribution in [1.82, 2.24) is 4.90 Å². The Hall–Kier alpha value is -1.37. The van der Waals surface area contributed by atoms with Gasteiger partial charge in [-0.2, -0.15) is 10.2 Å². The Kier molecular flexibility index (Phi) is 2.66. The van der Waals surface area contributed by atoms with Crippen molar-refractivity contribution in [3.05, 3.63) is 0 Å². The molecule has 1 saturated heterocycles. The molecule has 0 aromatic carbocycles. The molecule has 13 heavy (non-hydrogen) atoms. The zero-order valence-corrected chi connectivity index (χ0v) is 7.78. The highest BCUT2D eigenvalue weighted by Crippen LogP contribution is 2.30. The molecule has 0 N–H and O–H groups in total. The van der Waals surface area contributed by atoms with Crippen molar-refractivity contribution >= 4 is 11.8 Å². The van der Waals surface area contributed by atoms with Crippen molar-refractivity contribution in [3.8, 4) is 6.19 Å². The smallest absolute Gasteiger partial charge is 0.246 e. The number of nitriles is 1. The second-order valence-electron chi connectivity index (χ2n) is 3.14. The fourth-order valence-electron chi connectivity index (χ4n) is 1.80. The first-order chi connectivity index (χ1) is 6.17. The largest absolute Gasteiger partial charge is 0.273 e. The lowest BCUT2D eigenvalue weighted by atomic mass is 9.91. The average molecular weight is 180 g/mol. The predicted octanol–water partition coefficient (Wildman–Crippen LogP) is 0.889. The van der Waals surface area contributed by atoms with Gasteiger partial charge in [0, 0.05) is 0 Å². The number of hydrogen-bond donors (Lipinski definition) is 0. The summed E-state index contributed by atoms with van der Waals surface area (Å²) in [6.07, 6.45) is 2.88. The molecule has 2 unspecified atom stereocenters. The summed E-state index contributed by atoms with van der Waals surface area (Å²) in [5, 5.41) is 8.57. The van der Waals surface area contributed by atoms with E-state index >= 15 is 0 Å². The number of hydrogen-bond acceptors (Lipinski definition) is 3. The van der Waals surface area contributed by atoms with Crippen molar-refractivity contribution in [2.45, 2.75) is 26.7 Å². The molecule has 1 rings (SSSR count). The monoisotopic (exact) mass is 180 g/mol. The molecule has 0 aromatic rings. The van der Waals surface area contributed by atoms with Crippen molar-refractivity contribution in [2.75, 3.05) is 0 Å². The van der Waals surface area contributed by atoms with Gasteiger partial charge in [-0.3, -0.25) is 9.59 Å². The number of likely N-dealkylation sites (tertiary alicyclic amines) is 1. The molecule has 1 aliphatic rings. The van der Waals surface area contributed by atoms with Gasteiger partial charge in [0.25, 0.3) is 0 Å². The third-order valence-corrected chi connectivity index (χ3v) is 2.54. The maximum atomic E-state index is 11.4. The molecule has 0 spiro atoms. The van der Waals surface area contributed by atoms with E-state index in [4.69, 9.17) is 5.26 Å². The molecule has 4 heteroatoms. The first kappa shape index (κ1) is 9.72. The zero-order chi connectivity index (χ0) is 10.0. The van der Waals surface area contributed by atoms with Crippen molar-refractivity contribution in [1.29, 1.82) is 5.26 Å². The minimum atomic E-state index is -0.332. The number of amides is 2. The lowest BCUT2D eigenvalue weighted by Crippen LogP contribution is -2.25. The van der Waals surface area contributed by atoms with Crippen molar-refractivity contribution in [2.24, 2.45) is 11.8 Å². The van der Waals surface area contributed by atoms with Crippen LogP contribution in [-0.2, 0) is 9.59 Å². The highest BCUT2D eigenvalue weighted by molar-refractivity contribution is 6.06. The van der Waals surface area contributed by atoms with Crippen LogP contribution in [0.5, 0.6) is 0 Å². The number of imide groups is 1. The summed E-state index contributed by atoms with van der Waals surface area (Å²) in [4.78, 5) is 23.6. The van der Waals surface area contributed by atoms with Crippen LogP contribution in [0.15, 0.2) is 0 Å². The standard InChI is InChI=1S/C9H12N2O2/c1-3-6-7(4-2)9(13)11(5-10)8(6)12/h6-7H,3-4H2,1-2H3. The quantitative estimate of drug-likeness (QED) is 0.468. The molecule has 0 aliphatic carbocycles. The number of carbonyl (C=O) groups excluding carboxylic acids is 2. The first-order valence-corrected chi connectivity index (χ1v) is 4.44. The van der Waals surface area contributed by atoms with E-state index in [2.05, 4.69) is 0 Å². The molecule has 0 bridgehead atoms. The molecular formula is C9H12N2O2. The number of carbonyl (C=O) groups is 2. The summed E-state index contributed by atoms with van der Waals surface area (Å²) < 4.78 is 0.